The van der Waals surface area contributed by atoms with Crippen LogP contribution in [0.15, 0.2) is 121 Å². The Hall–Kier alpha value is -5.28. The van der Waals surface area contributed by atoms with E-state index in [-0.39, 0.29) is 0 Å². The van der Waals surface area contributed by atoms with Gasteiger partial charge in [0.1, 0.15) is 0 Å². The monoisotopic (exact) mass is 497 g/mol. The fourth-order valence-corrected chi connectivity index (χ4v) is 6.31. The van der Waals surface area contributed by atoms with Crippen molar-refractivity contribution in [3.8, 4) is 22.3 Å². The van der Waals surface area contributed by atoms with Gasteiger partial charge in [-0.2, -0.15) is 0 Å². The van der Waals surface area contributed by atoms with Crippen LogP contribution in [0.25, 0.3) is 87.7 Å². The van der Waals surface area contributed by atoms with Crippen LogP contribution in [0.1, 0.15) is 0 Å². The third-order valence-electron chi connectivity index (χ3n) is 8.28. The van der Waals surface area contributed by atoms with E-state index in [4.69, 9.17) is 0 Å². The summed E-state index contributed by atoms with van der Waals surface area (Å²) in [5.74, 6) is 0. The highest BCUT2D eigenvalue weighted by Gasteiger charge is 2.11. The first-order chi connectivity index (χ1) is 19.3. The van der Waals surface area contributed by atoms with Crippen molar-refractivity contribution in [2.45, 2.75) is 0 Å². The molecular weight excluding hydrogens is 474 g/mol. The van der Waals surface area contributed by atoms with E-state index in [0.29, 0.717) is 0 Å². The van der Waals surface area contributed by atoms with Crippen molar-refractivity contribution in [3.05, 3.63) is 121 Å². The Morgan fingerprint density at radius 1 is 0.256 bits per heavy atom. The Labute approximate surface area is 223 Å². The molecule has 9 aromatic rings. The maximum absolute atomic E-state index is 3.62. The van der Waals surface area contributed by atoms with Crippen LogP contribution in [0, 0.1) is 0 Å². The molecule has 0 spiro atoms. The number of aromatic nitrogens is 3. The molecule has 39 heavy (non-hydrogen) atoms. The standard InChI is InChI=1S/C36H23N3/c1-3-7-31-25(5-1)27-17-21(9-13-33(27)37-31)23-11-15-35-29(19-23)30-20-24(12-16-36(30)39-35)22-10-14-34-28(18-22)26-6-2-4-8-32(26)38-34/h1-20,37-39H. The minimum absolute atomic E-state index is 1.16. The van der Waals surface area contributed by atoms with Crippen LogP contribution in [0.5, 0.6) is 0 Å². The summed E-state index contributed by atoms with van der Waals surface area (Å²) in [6.07, 6.45) is 0. The molecule has 0 unspecified atom stereocenters. The number of nitrogens with one attached hydrogen (secondary N) is 3. The Bertz CT molecular complexity index is 2230. The molecule has 0 atom stereocenters. The van der Waals surface area contributed by atoms with Crippen molar-refractivity contribution >= 4 is 65.4 Å². The van der Waals surface area contributed by atoms with E-state index in [0.717, 1.165) is 11.0 Å². The van der Waals surface area contributed by atoms with Crippen molar-refractivity contribution < 1.29 is 0 Å². The van der Waals surface area contributed by atoms with Crippen molar-refractivity contribution in [3.63, 3.8) is 0 Å². The lowest BCUT2D eigenvalue weighted by atomic mass is 9.98. The molecule has 0 amide bonds. The highest BCUT2D eigenvalue weighted by molar-refractivity contribution is 6.12. The van der Waals surface area contributed by atoms with Crippen LogP contribution in [0.3, 0.4) is 0 Å². The zero-order valence-corrected chi connectivity index (χ0v) is 21.0. The highest BCUT2D eigenvalue weighted by atomic mass is 14.7. The minimum Gasteiger partial charge on any atom is -0.355 e. The molecule has 0 aliphatic rings. The molecule has 0 saturated carbocycles. The first-order valence-corrected chi connectivity index (χ1v) is 13.4. The highest BCUT2D eigenvalue weighted by Crippen LogP contribution is 2.36. The molecule has 0 bridgehead atoms. The molecule has 3 N–H and O–H groups in total. The van der Waals surface area contributed by atoms with Crippen LogP contribution in [0.4, 0.5) is 0 Å². The topological polar surface area (TPSA) is 47.4 Å². The molecule has 0 aliphatic carbocycles. The molecule has 6 aromatic carbocycles. The van der Waals surface area contributed by atoms with Gasteiger partial charge in [-0.25, -0.2) is 0 Å². The molecule has 9 rings (SSSR count). The van der Waals surface area contributed by atoms with Gasteiger partial charge in [0.15, 0.2) is 0 Å². The van der Waals surface area contributed by atoms with E-state index >= 15 is 0 Å². The van der Waals surface area contributed by atoms with E-state index in [2.05, 4.69) is 136 Å². The zero-order valence-electron chi connectivity index (χ0n) is 21.0. The SMILES string of the molecule is c1ccc2c(c1)[nH]c1ccc(-c3ccc4[nH]c5ccc(-c6ccc7[nH]c8ccccc8c7c6)cc5c4c3)cc12. The van der Waals surface area contributed by atoms with Crippen LogP contribution in [-0.4, -0.2) is 15.0 Å². The molecule has 0 fully saturated rings. The van der Waals surface area contributed by atoms with Gasteiger partial charge in [-0.1, -0.05) is 60.7 Å². The van der Waals surface area contributed by atoms with Crippen LogP contribution < -0.4 is 0 Å². The van der Waals surface area contributed by atoms with Gasteiger partial charge >= 0.3 is 0 Å². The lowest BCUT2D eigenvalue weighted by Gasteiger charge is -2.05. The number of hydrogen-bond donors (Lipinski definition) is 3. The summed E-state index contributed by atoms with van der Waals surface area (Å²) in [6.45, 7) is 0. The second kappa shape index (κ2) is 7.62. The zero-order chi connectivity index (χ0) is 25.5. The smallest absolute Gasteiger partial charge is 0.0465 e. The average molecular weight is 498 g/mol. The molecule has 3 nitrogen and oxygen atoms in total. The van der Waals surface area contributed by atoms with E-state index in [1.165, 1.54) is 76.6 Å². The van der Waals surface area contributed by atoms with E-state index < -0.39 is 0 Å². The van der Waals surface area contributed by atoms with E-state index in [1.54, 1.807) is 0 Å². The van der Waals surface area contributed by atoms with E-state index in [9.17, 15) is 0 Å². The third kappa shape index (κ3) is 3.04. The lowest BCUT2D eigenvalue weighted by molar-refractivity contribution is 1.53. The van der Waals surface area contributed by atoms with Gasteiger partial charge in [0.25, 0.3) is 0 Å². The summed E-state index contributed by atoms with van der Waals surface area (Å²) in [7, 11) is 0. The normalized spacial score (nSPS) is 12.1. The fraction of sp³-hybridized carbons (Fsp3) is 0. The summed E-state index contributed by atoms with van der Waals surface area (Å²) >= 11 is 0. The van der Waals surface area contributed by atoms with Gasteiger partial charge in [0, 0.05) is 65.4 Å². The van der Waals surface area contributed by atoms with E-state index in [1.807, 2.05) is 0 Å². The van der Waals surface area contributed by atoms with Crippen molar-refractivity contribution in [1.82, 2.24) is 15.0 Å². The number of rotatable bonds is 2. The van der Waals surface area contributed by atoms with Crippen molar-refractivity contribution in [2.24, 2.45) is 0 Å². The second-order valence-electron chi connectivity index (χ2n) is 10.5. The third-order valence-corrected chi connectivity index (χ3v) is 8.28. The second-order valence-corrected chi connectivity index (χ2v) is 10.5. The number of aromatic amines is 3. The Balaban J connectivity index is 1.20. The molecule has 0 radical (unpaired) electrons. The number of benzene rings is 6. The summed E-state index contributed by atoms with van der Waals surface area (Å²) in [6, 6.07) is 44.0. The van der Waals surface area contributed by atoms with Gasteiger partial charge in [-0.15, -0.1) is 0 Å². The number of hydrogen-bond acceptors (Lipinski definition) is 0. The maximum atomic E-state index is 3.62. The molecule has 0 saturated heterocycles. The van der Waals surface area contributed by atoms with Gasteiger partial charge in [-0.3, -0.25) is 0 Å². The molecule has 0 aliphatic heterocycles. The largest absolute Gasteiger partial charge is 0.355 e. The number of para-hydroxylation sites is 2. The first-order valence-electron chi connectivity index (χ1n) is 13.4. The quantitative estimate of drug-likeness (QED) is 0.213. The fourth-order valence-electron chi connectivity index (χ4n) is 6.31. The minimum atomic E-state index is 1.16. The van der Waals surface area contributed by atoms with Gasteiger partial charge < -0.3 is 15.0 Å². The maximum Gasteiger partial charge on any atom is 0.0465 e. The predicted molar refractivity (Wildman–Crippen MR) is 165 cm³/mol. The molecular formula is C36H23N3. The molecule has 182 valence electrons. The summed E-state index contributed by atoms with van der Waals surface area (Å²) in [5.41, 5.74) is 11.9. The summed E-state index contributed by atoms with van der Waals surface area (Å²) in [4.78, 5) is 10.7. The summed E-state index contributed by atoms with van der Waals surface area (Å²) in [5, 5.41) is 7.54. The molecule has 3 heterocycles. The number of fused-ring (bicyclic) bond motifs is 9. The van der Waals surface area contributed by atoms with Gasteiger partial charge in [-0.05, 0) is 82.9 Å². The van der Waals surface area contributed by atoms with Gasteiger partial charge in [0.2, 0.25) is 0 Å². The Kier molecular flexibility index (Phi) is 4.05. The number of H-pyrrole nitrogens is 3. The predicted octanol–water partition coefficient (Wildman–Crippen LogP) is 9.92. The summed E-state index contributed by atoms with van der Waals surface area (Å²) < 4.78 is 0. The molecule has 3 heteroatoms. The lowest BCUT2D eigenvalue weighted by Crippen LogP contribution is -1.80. The van der Waals surface area contributed by atoms with Crippen LogP contribution in [0.2, 0.25) is 0 Å². The Morgan fingerprint density at radius 3 is 0.897 bits per heavy atom. The van der Waals surface area contributed by atoms with Crippen LogP contribution in [-0.2, 0) is 0 Å². The van der Waals surface area contributed by atoms with Crippen LogP contribution >= 0.6 is 0 Å². The first kappa shape index (κ1) is 20.7. The van der Waals surface area contributed by atoms with Crippen molar-refractivity contribution in [2.75, 3.05) is 0 Å². The molecule has 3 aromatic heterocycles. The van der Waals surface area contributed by atoms with Crippen molar-refractivity contribution in [1.29, 1.82) is 0 Å². The van der Waals surface area contributed by atoms with Gasteiger partial charge in [0.05, 0.1) is 0 Å². The Morgan fingerprint density at radius 2 is 0.538 bits per heavy atom. The average Bonchev–Trinajstić information content (AvgIpc) is 3.66.